The molecule has 106 valence electrons. The molecule has 1 aliphatic rings. The van der Waals surface area contributed by atoms with E-state index in [1.165, 1.54) is 12.1 Å². The molecule has 20 heavy (non-hydrogen) atoms. The third-order valence-corrected chi connectivity index (χ3v) is 3.36. The predicted octanol–water partition coefficient (Wildman–Crippen LogP) is 1.80. The van der Waals surface area contributed by atoms with Crippen molar-refractivity contribution in [3.05, 3.63) is 23.5 Å². The highest BCUT2D eigenvalue weighted by Crippen LogP contribution is 2.36. The maximum atomic E-state index is 14.2. The van der Waals surface area contributed by atoms with Crippen LogP contribution in [0.2, 0.25) is 0 Å². The normalized spacial score (nSPS) is 18.1. The molecule has 1 aromatic carbocycles. The van der Waals surface area contributed by atoms with Crippen LogP contribution < -0.4 is 10.2 Å². The van der Waals surface area contributed by atoms with Gasteiger partial charge in [-0.3, -0.25) is 4.79 Å². The molecule has 2 unspecified atom stereocenters. The number of aliphatic hydroxyl groups excluding tert-OH is 1. The fraction of sp³-hybridized carbons (Fsp3) is 0.429. The maximum Gasteiger partial charge on any atom is 0.257 e. The zero-order valence-corrected chi connectivity index (χ0v) is 11.4. The summed E-state index contributed by atoms with van der Waals surface area (Å²) in [5, 5.41) is 21.0. The van der Waals surface area contributed by atoms with E-state index in [-0.39, 0.29) is 11.5 Å². The van der Waals surface area contributed by atoms with Gasteiger partial charge in [0.05, 0.1) is 17.7 Å². The number of fused-ring (bicyclic) bond motifs is 1. The van der Waals surface area contributed by atoms with Gasteiger partial charge in [0, 0.05) is 24.3 Å². The van der Waals surface area contributed by atoms with Gasteiger partial charge in [-0.15, -0.1) is 0 Å². The second kappa shape index (κ2) is 5.47. The summed E-state index contributed by atoms with van der Waals surface area (Å²) in [5.74, 6) is -1.29. The number of anilines is 2. The van der Waals surface area contributed by atoms with Crippen molar-refractivity contribution in [1.29, 1.82) is 5.26 Å². The molecule has 0 saturated heterocycles. The summed E-state index contributed by atoms with van der Waals surface area (Å²) in [5.41, 5.74) is 0.991. The van der Waals surface area contributed by atoms with Crippen molar-refractivity contribution in [2.75, 3.05) is 23.3 Å². The molecule has 1 aromatic rings. The zero-order chi connectivity index (χ0) is 14.9. The summed E-state index contributed by atoms with van der Waals surface area (Å²) < 4.78 is 14.2. The number of aliphatic hydroxyl groups is 1. The first-order valence-corrected chi connectivity index (χ1v) is 6.44. The van der Waals surface area contributed by atoms with Crippen molar-refractivity contribution in [2.45, 2.75) is 20.0 Å². The highest BCUT2D eigenvalue weighted by molar-refractivity contribution is 6.02. The van der Waals surface area contributed by atoms with Gasteiger partial charge in [-0.25, -0.2) is 4.39 Å². The Morgan fingerprint density at radius 1 is 1.60 bits per heavy atom. The van der Waals surface area contributed by atoms with Crippen LogP contribution in [0.4, 0.5) is 15.8 Å². The Hall–Kier alpha value is -2.13. The molecule has 2 rings (SSSR count). The van der Waals surface area contributed by atoms with Gasteiger partial charge in [0.25, 0.3) is 5.91 Å². The summed E-state index contributed by atoms with van der Waals surface area (Å²) in [6.45, 7) is 4.57. The van der Waals surface area contributed by atoms with Gasteiger partial charge in [0.2, 0.25) is 0 Å². The lowest BCUT2D eigenvalue weighted by Crippen LogP contribution is -2.28. The van der Waals surface area contributed by atoms with Crippen LogP contribution in [-0.4, -0.2) is 24.1 Å². The lowest BCUT2D eigenvalue weighted by Gasteiger charge is -2.25. The van der Waals surface area contributed by atoms with E-state index in [9.17, 15) is 14.3 Å². The molecule has 0 fully saturated rings. The first-order chi connectivity index (χ1) is 9.47. The molecule has 1 aliphatic heterocycles. The van der Waals surface area contributed by atoms with E-state index in [2.05, 4.69) is 11.4 Å². The Morgan fingerprint density at radius 3 is 2.90 bits per heavy atom. The Kier molecular flexibility index (Phi) is 3.91. The van der Waals surface area contributed by atoms with Crippen LogP contribution in [0.1, 0.15) is 25.5 Å². The number of carbonyl (C=O) groups excluding carboxylic acids is 1. The Bertz CT molecular complexity index is 583. The minimum Gasteiger partial charge on any atom is -0.378 e. The summed E-state index contributed by atoms with van der Waals surface area (Å²) in [6.07, 6.45) is -1.32. The number of halogens is 1. The minimum absolute atomic E-state index is 0.234. The molecule has 1 amide bonds. The highest BCUT2D eigenvalue weighted by atomic mass is 19.1. The van der Waals surface area contributed by atoms with Gasteiger partial charge < -0.3 is 15.3 Å². The van der Waals surface area contributed by atoms with E-state index < -0.39 is 17.8 Å². The average Bonchev–Trinajstić information content (AvgIpc) is 2.70. The van der Waals surface area contributed by atoms with Crippen LogP contribution in [-0.2, 0) is 4.79 Å². The molecule has 0 bridgehead atoms. The number of rotatable bonds is 4. The third kappa shape index (κ3) is 2.45. The van der Waals surface area contributed by atoms with Gasteiger partial charge >= 0.3 is 0 Å². The largest absolute Gasteiger partial charge is 0.378 e. The summed E-state index contributed by atoms with van der Waals surface area (Å²) in [7, 11) is 0. The summed E-state index contributed by atoms with van der Waals surface area (Å²) >= 11 is 0. The van der Waals surface area contributed by atoms with Crippen LogP contribution in [0.3, 0.4) is 0 Å². The molecule has 0 aromatic heterocycles. The quantitative estimate of drug-likeness (QED) is 0.879. The summed E-state index contributed by atoms with van der Waals surface area (Å²) in [4.78, 5) is 13.1. The summed E-state index contributed by atoms with van der Waals surface area (Å²) in [6, 6.07) is 4.79. The lowest BCUT2D eigenvalue weighted by atomic mass is 10.1. The molecule has 1 heterocycles. The van der Waals surface area contributed by atoms with Gasteiger partial charge in [-0.05, 0) is 26.0 Å². The first-order valence-electron chi connectivity index (χ1n) is 6.44. The molecule has 0 saturated carbocycles. The van der Waals surface area contributed by atoms with Crippen LogP contribution in [0.5, 0.6) is 0 Å². The standard InChI is InChI=1S/C14H16FN3O2/c1-3-18(7-8(2)6-16)12-5-11-9(4-10(12)15)13(19)14(20)17-11/h4-5,8,13,19H,3,7H2,1-2H3,(H,17,20). The minimum atomic E-state index is -1.32. The molecular weight excluding hydrogens is 261 g/mol. The van der Waals surface area contributed by atoms with Crippen molar-refractivity contribution < 1.29 is 14.3 Å². The van der Waals surface area contributed by atoms with E-state index in [4.69, 9.17) is 5.26 Å². The number of hydrogen-bond donors (Lipinski definition) is 2. The van der Waals surface area contributed by atoms with Gasteiger partial charge in [-0.1, -0.05) is 0 Å². The monoisotopic (exact) mass is 277 g/mol. The van der Waals surface area contributed by atoms with E-state index in [0.29, 0.717) is 24.5 Å². The third-order valence-electron chi connectivity index (χ3n) is 3.36. The smallest absolute Gasteiger partial charge is 0.257 e. The number of nitrogens with one attached hydrogen (secondary N) is 1. The lowest BCUT2D eigenvalue weighted by molar-refractivity contribution is -0.123. The van der Waals surface area contributed by atoms with Crippen molar-refractivity contribution in [3.63, 3.8) is 0 Å². The van der Waals surface area contributed by atoms with Crippen molar-refractivity contribution in [2.24, 2.45) is 5.92 Å². The zero-order valence-electron chi connectivity index (χ0n) is 11.4. The Labute approximate surface area is 116 Å². The van der Waals surface area contributed by atoms with Crippen LogP contribution in [0.25, 0.3) is 0 Å². The number of nitrogens with zero attached hydrogens (tertiary/aromatic N) is 2. The van der Waals surface area contributed by atoms with Crippen LogP contribution in [0, 0.1) is 23.1 Å². The molecule has 2 N–H and O–H groups in total. The average molecular weight is 277 g/mol. The fourth-order valence-corrected chi connectivity index (χ4v) is 2.27. The van der Waals surface area contributed by atoms with Crippen molar-refractivity contribution in [1.82, 2.24) is 0 Å². The number of benzene rings is 1. The van der Waals surface area contributed by atoms with Gasteiger partial charge in [-0.2, -0.15) is 5.26 Å². The first kappa shape index (κ1) is 14.3. The van der Waals surface area contributed by atoms with Crippen LogP contribution in [0.15, 0.2) is 12.1 Å². The maximum absolute atomic E-state index is 14.2. The number of nitriles is 1. The van der Waals surface area contributed by atoms with E-state index in [1.807, 2.05) is 6.92 Å². The molecular formula is C14H16FN3O2. The van der Waals surface area contributed by atoms with Crippen molar-refractivity contribution >= 4 is 17.3 Å². The van der Waals surface area contributed by atoms with E-state index >= 15 is 0 Å². The fourth-order valence-electron chi connectivity index (χ4n) is 2.27. The van der Waals surface area contributed by atoms with E-state index in [0.717, 1.165) is 0 Å². The predicted molar refractivity (Wildman–Crippen MR) is 72.7 cm³/mol. The molecule has 0 aliphatic carbocycles. The second-order valence-electron chi connectivity index (χ2n) is 4.85. The molecule has 0 radical (unpaired) electrons. The molecule has 0 spiro atoms. The van der Waals surface area contributed by atoms with Gasteiger partial charge in [0.1, 0.15) is 5.82 Å². The highest BCUT2D eigenvalue weighted by Gasteiger charge is 2.30. The van der Waals surface area contributed by atoms with Gasteiger partial charge in [0.15, 0.2) is 6.10 Å². The number of carbonyl (C=O) groups is 1. The molecule has 6 heteroatoms. The Morgan fingerprint density at radius 2 is 2.30 bits per heavy atom. The molecule has 2 atom stereocenters. The van der Waals surface area contributed by atoms with Crippen LogP contribution >= 0.6 is 0 Å². The SMILES string of the molecule is CCN(CC(C)C#N)c1cc2c(cc1F)C(O)C(=O)N2. The van der Waals surface area contributed by atoms with Crippen molar-refractivity contribution in [3.8, 4) is 6.07 Å². The second-order valence-corrected chi connectivity index (χ2v) is 4.85. The molecule has 5 nitrogen and oxygen atoms in total. The number of hydrogen-bond acceptors (Lipinski definition) is 4. The topological polar surface area (TPSA) is 76.4 Å². The Balaban J connectivity index is 2.36. The van der Waals surface area contributed by atoms with E-state index in [1.54, 1.807) is 11.8 Å². The number of amides is 1.